The Labute approximate surface area is 116 Å². The Morgan fingerprint density at radius 1 is 1.35 bits per heavy atom. The van der Waals surface area contributed by atoms with Crippen molar-refractivity contribution in [3.8, 4) is 0 Å². The summed E-state index contributed by atoms with van der Waals surface area (Å²) in [7, 11) is 0. The standard InChI is InChI=1S/C14H16N4O2/c1-8-6-9(2)16-14(15-8)18-17-13(19)11-7-10(11)12-4-3-5-20-12/h3-6,10-11H,7H2,1-2H3,(H,17,19)(H,15,16,18)/t10-,11-/m0/s1. The highest BCUT2D eigenvalue weighted by Crippen LogP contribution is 2.47. The van der Waals surface area contributed by atoms with E-state index in [1.54, 1.807) is 6.26 Å². The minimum Gasteiger partial charge on any atom is -0.469 e. The number of aryl methyl sites for hydroxylation is 2. The number of hydrogen-bond acceptors (Lipinski definition) is 5. The lowest BCUT2D eigenvalue weighted by Crippen LogP contribution is -2.32. The van der Waals surface area contributed by atoms with Gasteiger partial charge in [-0.3, -0.25) is 15.6 Å². The zero-order valence-electron chi connectivity index (χ0n) is 11.4. The van der Waals surface area contributed by atoms with E-state index in [4.69, 9.17) is 4.42 Å². The van der Waals surface area contributed by atoms with Crippen molar-refractivity contribution in [3.63, 3.8) is 0 Å². The van der Waals surface area contributed by atoms with Crippen LogP contribution >= 0.6 is 0 Å². The molecule has 20 heavy (non-hydrogen) atoms. The number of nitrogens with one attached hydrogen (secondary N) is 2. The van der Waals surface area contributed by atoms with Gasteiger partial charge in [0.15, 0.2) is 0 Å². The van der Waals surface area contributed by atoms with Crippen molar-refractivity contribution >= 4 is 11.9 Å². The van der Waals surface area contributed by atoms with E-state index in [1.165, 1.54) is 0 Å². The minimum absolute atomic E-state index is 0.0421. The smallest absolute Gasteiger partial charge is 0.242 e. The molecule has 6 heteroatoms. The molecule has 0 aromatic carbocycles. The van der Waals surface area contributed by atoms with Gasteiger partial charge in [-0.2, -0.15) is 0 Å². The summed E-state index contributed by atoms with van der Waals surface area (Å²) < 4.78 is 5.31. The molecule has 0 saturated heterocycles. The Hall–Kier alpha value is -2.37. The molecule has 0 bridgehead atoms. The normalized spacial score (nSPS) is 20.5. The maximum Gasteiger partial charge on any atom is 0.242 e. The van der Waals surface area contributed by atoms with E-state index in [2.05, 4.69) is 20.8 Å². The average Bonchev–Trinajstić information content (AvgIpc) is 3.01. The van der Waals surface area contributed by atoms with E-state index in [0.717, 1.165) is 23.6 Å². The van der Waals surface area contributed by atoms with Gasteiger partial charge in [-0.1, -0.05) is 0 Å². The number of anilines is 1. The van der Waals surface area contributed by atoms with Crippen LogP contribution in [0.3, 0.4) is 0 Å². The molecule has 1 aliphatic rings. The first-order chi connectivity index (χ1) is 9.63. The Kier molecular flexibility index (Phi) is 3.14. The first-order valence-corrected chi connectivity index (χ1v) is 6.55. The van der Waals surface area contributed by atoms with Crippen LogP contribution < -0.4 is 10.9 Å². The summed E-state index contributed by atoms with van der Waals surface area (Å²) in [6.07, 6.45) is 2.44. The number of hydrogen-bond donors (Lipinski definition) is 2. The quantitative estimate of drug-likeness (QED) is 0.831. The van der Waals surface area contributed by atoms with Gasteiger partial charge in [0, 0.05) is 17.3 Å². The molecular weight excluding hydrogens is 256 g/mol. The van der Waals surface area contributed by atoms with Gasteiger partial charge >= 0.3 is 0 Å². The number of aromatic nitrogens is 2. The SMILES string of the molecule is Cc1cc(C)nc(NNC(=O)[C@H]2C[C@@H]2c2ccco2)n1. The summed E-state index contributed by atoms with van der Waals surface area (Å²) in [5, 5.41) is 0. The number of carbonyl (C=O) groups excluding carboxylic acids is 1. The third-order valence-corrected chi connectivity index (χ3v) is 3.32. The summed E-state index contributed by atoms with van der Waals surface area (Å²) >= 11 is 0. The minimum atomic E-state index is -0.0610. The maximum absolute atomic E-state index is 12.0. The molecule has 0 spiro atoms. The molecule has 1 saturated carbocycles. The van der Waals surface area contributed by atoms with E-state index in [1.807, 2.05) is 32.0 Å². The molecular formula is C14H16N4O2. The van der Waals surface area contributed by atoms with E-state index >= 15 is 0 Å². The third kappa shape index (κ3) is 2.64. The predicted molar refractivity (Wildman–Crippen MR) is 72.8 cm³/mol. The molecule has 1 amide bonds. The van der Waals surface area contributed by atoms with Crippen LogP contribution in [0, 0.1) is 19.8 Å². The van der Waals surface area contributed by atoms with Crippen LogP contribution in [0.15, 0.2) is 28.9 Å². The summed E-state index contributed by atoms with van der Waals surface area (Å²) in [6, 6.07) is 5.61. The van der Waals surface area contributed by atoms with Gasteiger partial charge in [0.05, 0.1) is 12.2 Å². The Balaban J connectivity index is 1.55. The molecule has 0 aliphatic heterocycles. The average molecular weight is 272 g/mol. The molecule has 1 fully saturated rings. The highest BCUT2D eigenvalue weighted by atomic mass is 16.3. The van der Waals surface area contributed by atoms with Crippen LogP contribution in [0.5, 0.6) is 0 Å². The van der Waals surface area contributed by atoms with Crippen LogP contribution in [0.2, 0.25) is 0 Å². The first-order valence-electron chi connectivity index (χ1n) is 6.55. The van der Waals surface area contributed by atoms with Gasteiger partial charge in [0.25, 0.3) is 0 Å². The molecule has 2 atom stereocenters. The van der Waals surface area contributed by atoms with E-state index < -0.39 is 0 Å². The number of amides is 1. The van der Waals surface area contributed by atoms with E-state index in [9.17, 15) is 4.79 Å². The van der Waals surface area contributed by atoms with Gasteiger partial charge in [0.1, 0.15) is 5.76 Å². The number of furan rings is 1. The molecule has 2 aromatic heterocycles. The van der Waals surface area contributed by atoms with Crippen LogP contribution in [0.4, 0.5) is 5.95 Å². The van der Waals surface area contributed by atoms with Gasteiger partial charge < -0.3 is 4.42 Å². The summed E-state index contributed by atoms with van der Waals surface area (Å²) in [6.45, 7) is 3.77. The lowest BCUT2D eigenvalue weighted by atomic mass is 10.2. The van der Waals surface area contributed by atoms with Crippen molar-refractivity contribution in [3.05, 3.63) is 41.6 Å². The molecule has 3 rings (SSSR count). The Morgan fingerprint density at radius 3 is 2.75 bits per heavy atom. The number of carbonyl (C=O) groups is 1. The van der Waals surface area contributed by atoms with Crippen LogP contribution in [0.25, 0.3) is 0 Å². The highest BCUT2D eigenvalue weighted by molar-refractivity contribution is 5.83. The topological polar surface area (TPSA) is 80.0 Å². The second kappa shape index (κ2) is 4.96. The maximum atomic E-state index is 12.0. The number of hydrazine groups is 1. The zero-order valence-corrected chi connectivity index (χ0v) is 11.4. The second-order valence-electron chi connectivity index (χ2n) is 5.05. The molecule has 0 unspecified atom stereocenters. The molecule has 104 valence electrons. The molecule has 2 heterocycles. The molecule has 1 aliphatic carbocycles. The highest BCUT2D eigenvalue weighted by Gasteiger charge is 2.45. The van der Waals surface area contributed by atoms with Crippen LogP contribution in [0.1, 0.15) is 29.5 Å². The predicted octanol–water partition coefficient (Wildman–Crippen LogP) is 1.93. The van der Waals surface area contributed by atoms with Crippen molar-refractivity contribution < 1.29 is 9.21 Å². The summed E-state index contributed by atoms with van der Waals surface area (Å²) in [4.78, 5) is 20.4. The lowest BCUT2D eigenvalue weighted by Gasteiger charge is -2.07. The number of rotatable bonds is 4. The second-order valence-corrected chi connectivity index (χ2v) is 5.05. The lowest BCUT2D eigenvalue weighted by molar-refractivity contribution is -0.121. The van der Waals surface area contributed by atoms with Crippen LogP contribution in [-0.2, 0) is 4.79 Å². The zero-order chi connectivity index (χ0) is 14.1. The third-order valence-electron chi connectivity index (χ3n) is 3.32. The molecule has 6 nitrogen and oxygen atoms in total. The van der Waals surface area contributed by atoms with Crippen LogP contribution in [-0.4, -0.2) is 15.9 Å². The van der Waals surface area contributed by atoms with Gasteiger partial charge in [-0.05, 0) is 38.5 Å². The monoisotopic (exact) mass is 272 g/mol. The fourth-order valence-electron chi connectivity index (χ4n) is 2.29. The fraction of sp³-hybridized carbons (Fsp3) is 0.357. The Bertz CT molecular complexity index is 604. The summed E-state index contributed by atoms with van der Waals surface area (Å²) in [5.74, 6) is 1.36. The van der Waals surface area contributed by atoms with Gasteiger partial charge in [-0.25, -0.2) is 9.97 Å². The van der Waals surface area contributed by atoms with Crippen molar-refractivity contribution in [2.75, 3.05) is 5.43 Å². The Morgan fingerprint density at radius 2 is 2.10 bits per heavy atom. The first kappa shape index (κ1) is 12.7. The van der Waals surface area contributed by atoms with Crippen molar-refractivity contribution in [2.45, 2.75) is 26.2 Å². The summed E-state index contributed by atoms with van der Waals surface area (Å²) in [5.41, 5.74) is 7.12. The van der Waals surface area contributed by atoms with E-state index in [-0.39, 0.29) is 17.7 Å². The molecule has 0 radical (unpaired) electrons. The van der Waals surface area contributed by atoms with Gasteiger partial charge in [0.2, 0.25) is 11.9 Å². The number of nitrogens with zero attached hydrogens (tertiary/aromatic N) is 2. The van der Waals surface area contributed by atoms with Crippen molar-refractivity contribution in [1.29, 1.82) is 0 Å². The molecule has 2 aromatic rings. The van der Waals surface area contributed by atoms with Crippen molar-refractivity contribution in [1.82, 2.24) is 15.4 Å². The van der Waals surface area contributed by atoms with E-state index in [0.29, 0.717) is 5.95 Å². The van der Waals surface area contributed by atoms with Gasteiger partial charge in [-0.15, -0.1) is 0 Å². The molecule has 2 N–H and O–H groups in total. The largest absolute Gasteiger partial charge is 0.469 e. The fourth-order valence-corrected chi connectivity index (χ4v) is 2.29. The van der Waals surface area contributed by atoms with Crippen molar-refractivity contribution in [2.24, 2.45) is 5.92 Å².